The summed E-state index contributed by atoms with van der Waals surface area (Å²) in [7, 11) is -1.98. The monoisotopic (exact) mass is 325 g/mol. The number of sulfonamides is 1. The predicted octanol–water partition coefficient (Wildman–Crippen LogP) is 0.491. The van der Waals surface area contributed by atoms with Crippen LogP contribution in [0.5, 0.6) is 0 Å². The highest BCUT2D eigenvalue weighted by Crippen LogP contribution is 2.25. The highest BCUT2D eigenvalue weighted by molar-refractivity contribution is 7.89. The summed E-state index contributed by atoms with van der Waals surface area (Å²) in [5.74, 6) is -0.116. The molecule has 0 atom stereocenters. The SMILES string of the molecule is Cn1c(=O)oc2cc(S(=O)(=O)N3CCC(CN)CC3)ccc21. The Hall–Kier alpha value is -1.64. The molecule has 0 bridgehead atoms. The molecule has 8 heteroatoms. The number of aryl methyl sites for hydroxylation is 1. The molecule has 1 aliphatic heterocycles. The zero-order valence-corrected chi connectivity index (χ0v) is 13.2. The summed E-state index contributed by atoms with van der Waals surface area (Å²) in [4.78, 5) is 11.6. The van der Waals surface area contributed by atoms with Crippen molar-refractivity contribution in [3.05, 3.63) is 28.7 Å². The van der Waals surface area contributed by atoms with E-state index in [9.17, 15) is 13.2 Å². The maximum Gasteiger partial charge on any atom is 0.419 e. The molecule has 120 valence electrons. The van der Waals surface area contributed by atoms with Crippen LogP contribution in [0.1, 0.15) is 12.8 Å². The number of aromatic nitrogens is 1. The van der Waals surface area contributed by atoms with E-state index in [1.165, 1.54) is 21.0 Å². The van der Waals surface area contributed by atoms with Crippen molar-refractivity contribution in [3.8, 4) is 0 Å². The minimum Gasteiger partial charge on any atom is -0.408 e. The van der Waals surface area contributed by atoms with Gasteiger partial charge < -0.3 is 10.2 Å². The van der Waals surface area contributed by atoms with Gasteiger partial charge in [0.25, 0.3) is 0 Å². The van der Waals surface area contributed by atoms with Gasteiger partial charge in [-0.3, -0.25) is 4.57 Å². The van der Waals surface area contributed by atoms with Crippen LogP contribution >= 0.6 is 0 Å². The second kappa shape index (κ2) is 5.53. The van der Waals surface area contributed by atoms with Crippen LogP contribution < -0.4 is 11.5 Å². The standard InChI is InChI=1S/C14H19N3O4S/c1-16-12-3-2-11(8-13(12)21-14(16)18)22(19,20)17-6-4-10(9-15)5-7-17/h2-3,8,10H,4-7,9,15H2,1H3. The molecule has 0 saturated carbocycles. The Morgan fingerprint density at radius 1 is 1.32 bits per heavy atom. The Labute approximate surface area is 128 Å². The van der Waals surface area contributed by atoms with Gasteiger partial charge in [0.1, 0.15) is 0 Å². The van der Waals surface area contributed by atoms with Gasteiger partial charge in [0.15, 0.2) is 5.58 Å². The molecule has 1 fully saturated rings. The molecule has 0 amide bonds. The lowest BCUT2D eigenvalue weighted by atomic mass is 9.99. The number of oxazole rings is 1. The highest BCUT2D eigenvalue weighted by Gasteiger charge is 2.29. The lowest BCUT2D eigenvalue weighted by Gasteiger charge is -2.30. The van der Waals surface area contributed by atoms with Crippen molar-refractivity contribution in [2.24, 2.45) is 18.7 Å². The second-order valence-electron chi connectivity index (χ2n) is 5.64. The number of nitrogens with zero attached hydrogens (tertiary/aromatic N) is 2. The van der Waals surface area contributed by atoms with Gasteiger partial charge in [-0.15, -0.1) is 0 Å². The topological polar surface area (TPSA) is 98.5 Å². The number of piperidine rings is 1. The fraction of sp³-hybridized carbons (Fsp3) is 0.500. The lowest BCUT2D eigenvalue weighted by molar-refractivity contribution is 0.278. The molecule has 2 aromatic rings. The minimum atomic E-state index is -3.57. The summed E-state index contributed by atoms with van der Waals surface area (Å²) in [6, 6.07) is 4.53. The third kappa shape index (κ3) is 2.47. The Bertz CT molecular complexity index is 845. The number of hydrogen-bond donors (Lipinski definition) is 1. The first-order chi connectivity index (χ1) is 10.4. The molecule has 2 heterocycles. The van der Waals surface area contributed by atoms with Crippen molar-refractivity contribution in [3.63, 3.8) is 0 Å². The average Bonchev–Trinajstić information content (AvgIpc) is 2.81. The van der Waals surface area contributed by atoms with Gasteiger partial charge in [-0.05, 0) is 37.4 Å². The van der Waals surface area contributed by atoms with Gasteiger partial charge in [-0.25, -0.2) is 13.2 Å². The summed E-state index contributed by atoms with van der Waals surface area (Å²) in [5.41, 5.74) is 6.49. The number of benzene rings is 1. The summed E-state index contributed by atoms with van der Waals surface area (Å²) in [6.07, 6.45) is 1.55. The van der Waals surface area contributed by atoms with Crippen molar-refractivity contribution in [2.45, 2.75) is 17.7 Å². The molecule has 0 radical (unpaired) electrons. The van der Waals surface area contributed by atoms with E-state index in [0.717, 1.165) is 12.8 Å². The Morgan fingerprint density at radius 3 is 2.64 bits per heavy atom. The van der Waals surface area contributed by atoms with E-state index in [-0.39, 0.29) is 10.5 Å². The maximum atomic E-state index is 12.7. The second-order valence-corrected chi connectivity index (χ2v) is 7.58. The molecule has 1 aromatic carbocycles. The molecule has 1 aliphatic rings. The van der Waals surface area contributed by atoms with Crippen molar-refractivity contribution in [2.75, 3.05) is 19.6 Å². The zero-order chi connectivity index (χ0) is 15.9. The fourth-order valence-corrected chi connectivity index (χ4v) is 4.29. The number of rotatable bonds is 3. The van der Waals surface area contributed by atoms with Crippen molar-refractivity contribution >= 4 is 21.1 Å². The molecule has 22 heavy (non-hydrogen) atoms. The van der Waals surface area contributed by atoms with Crippen LogP contribution in [0.2, 0.25) is 0 Å². The van der Waals surface area contributed by atoms with E-state index in [2.05, 4.69) is 0 Å². The quantitative estimate of drug-likeness (QED) is 0.885. The minimum absolute atomic E-state index is 0.153. The summed E-state index contributed by atoms with van der Waals surface area (Å²) >= 11 is 0. The normalized spacial score (nSPS) is 18.1. The van der Waals surface area contributed by atoms with Gasteiger partial charge in [0, 0.05) is 26.2 Å². The highest BCUT2D eigenvalue weighted by atomic mass is 32.2. The number of nitrogens with two attached hydrogens (primary N) is 1. The van der Waals surface area contributed by atoms with E-state index in [4.69, 9.17) is 10.2 Å². The number of hydrogen-bond acceptors (Lipinski definition) is 5. The van der Waals surface area contributed by atoms with Crippen LogP contribution in [0.4, 0.5) is 0 Å². The summed E-state index contributed by atoms with van der Waals surface area (Å²) in [5, 5.41) is 0. The van der Waals surface area contributed by atoms with Gasteiger partial charge in [0.2, 0.25) is 10.0 Å². The van der Waals surface area contributed by atoms with Crippen LogP contribution in [0, 0.1) is 5.92 Å². The Morgan fingerprint density at radius 2 is 2.00 bits per heavy atom. The van der Waals surface area contributed by atoms with Crippen LogP contribution in [0.15, 0.2) is 32.3 Å². The van der Waals surface area contributed by atoms with Crippen LogP contribution in [-0.4, -0.2) is 36.9 Å². The maximum absolute atomic E-state index is 12.7. The molecule has 1 aromatic heterocycles. The first kappa shape index (κ1) is 15.3. The Kier molecular flexibility index (Phi) is 3.84. The Balaban J connectivity index is 1.94. The predicted molar refractivity (Wildman–Crippen MR) is 82.0 cm³/mol. The van der Waals surface area contributed by atoms with E-state index < -0.39 is 15.8 Å². The average molecular weight is 325 g/mol. The van der Waals surface area contributed by atoms with E-state index in [0.29, 0.717) is 31.1 Å². The van der Waals surface area contributed by atoms with E-state index >= 15 is 0 Å². The molecular weight excluding hydrogens is 306 g/mol. The fourth-order valence-electron chi connectivity index (χ4n) is 2.81. The molecule has 0 aliphatic carbocycles. The molecule has 7 nitrogen and oxygen atoms in total. The third-order valence-electron chi connectivity index (χ3n) is 4.31. The van der Waals surface area contributed by atoms with Crippen molar-refractivity contribution < 1.29 is 12.8 Å². The first-order valence-electron chi connectivity index (χ1n) is 7.23. The smallest absolute Gasteiger partial charge is 0.408 e. The van der Waals surface area contributed by atoms with Gasteiger partial charge in [0.05, 0.1) is 10.4 Å². The molecule has 3 rings (SSSR count). The first-order valence-corrected chi connectivity index (χ1v) is 8.67. The van der Waals surface area contributed by atoms with Crippen molar-refractivity contribution in [1.82, 2.24) is 8.87 Å². The third-order valence-corrected chi connectivity index (χ3v) is 6.20. The molecular formula is C14H19N3O4S. The largest absolute Gasteiger partial charge is 0.419 e. The van der Waals surface area contributed by atoms with Gasteiger partial charge in [-0.2, -0.15) is 4.31 Å². The van der Waals surface area contributed by atoms with E-state index in [1.807, 2.05) is 0 Å². The molecule has 0 spiro atoms. The molecule has 2 N–H and O–H groups in total. The van der Waals surface area contributed by atoms with Crippen LogP contribution in [0.25, 0.3) is 11.1 Å². The molecule has 1 saturated heterocycles. The molecule has 0 unspecified atom stereocenters. The lowest BCUT2D eigenvalue weighted by Crippen LogP contribution is -2.39. The van der Waals surface area contributed by atoms with Crippen LogP contribution in [-0.2, 0) is 17.1 Å². The zero-order valence-electron chi connectivity index (χ0n) is 12.4. The van der Waals surface area contributed by atoms with Gasteiger partial charge in [-0.1, -0.05) is 0 Å². The van der Waals surface area contributed by atoms with Gasteiger partial charge >= 0.3 is 5.76 Å². The number of fused-ring (bicyclic) bond motifs is 1. The van der Waals surface area contributed by atoms with E-state index in [1.54, 1.807) is 13.1 Å². The van der Waals surface area contributed by atoms with Crippen LogP contribution in [0.3, 0.4) is 0 Å². The van der Waals surface area contributed by atoms with Crippen molar-refractivity contribution in [1.29, 1.82) is 0 Å². The summed E-state index contributed by atoms with van der Waals surface area (Å²) < 4.78 is 33.3. The summed E-state index contributed by atoms with van der Waals surface area (Å²) in [6.45, 7) is 1.54.